The summed E-state index contributed by atoms with van der Waals surface area (Å²) in [5.41, 5.74) is 1.05. The average Bonchev–Trinajstić information content (AvgIpc) is 2.79. The van der Waals surface area contributed by atoms with E-state index < -0.39 is 5.97 Å². The van der Waals surface area contributed by atoms with Gasteiger partial charge in [-0.2, -0.15) is 0 Å². The second-order valence-corrected chi connectivity index (χ2v) is 6.40. The molecule has 1 aliphatic carbocycles. The van der Waals surface area contributed by atoms with Gasteiger partial charge in [-0.05, 0) is 26.2 Å². The van der Waals surface area contributed by atoms with E-state index in [1.54, 1.807) is 6.92 Å². The molecule has 1 aromatic heterocycles. The molecule has 1 fully saturated rings. The molecule has 1 amide bonds. The lowest BCUT2D eigenvalue weighted by Crippen LogP contribution is -2.35. The topological polar surface area (TPSA) is 79.5 Å². The molecule has 0 saturated heterocycles. The molecule has 0 unspecified atom stereocenters. The van der Waals surface area contributed by atoms with Gasteiger partial charge < -0.3 is 14.8 Å². The van der Waals surface area contributed by atoms with E-state index >= 15 is 0 Å². The SMILES string of the molecule is Cc1coc(CC(=O)O)c1C(=O)N[C@H](C)CC1CCCCC1. The summed E-state index contributed by atoms with van der Waals surface area (Å²) < 4.78 is 5.22. The Labute approximate surface area is 131 Å². The van der Waals surface area contributed by atoms with Crippen molar-refractivity contribution in [3.05, 3.63) is 23.2 Å². The summed E-state index contributed by atoms with van der Waals surface area (Å²) in [6.07, 6.45) is 8.54. The Morgan fingerprint density at radius 2 is 2.05 bits per heavy atom. The molecule has 1 heterocycles. The Hall–Kier alpha value is -1.78. The minimum atomic E-state index is -1.00. The Balaban J connectivity index is 1.96. The molecule has 5 nitrogen and oxygen atoms in total. The number of carbonyl (C=O) groups excluding carboxylic acids is 1. The van der Waals surface area contributed by atoms with Gasteiger partial charge in [0.1, 0.15) is 12.2 Å². The number of aryl methyl sites for hydroxylation is 1. The first-order chi connectivity index (χ1) is 10.5. The van der Waals surface area contributed by atoms with Crippen molar-refractivity contribution in [3.8, 4) is 0 Å². The highest BCUT2D eigenvalue weighted by Crippen LogP contribution is 2.27. The van der Waals surface area contributed by atoms with Crippen molar-refractivity contribution in [3.63, 3.8) is 0 Å². The Kier molecular flexibility index (Phi) is 5.63. The van der Waals surface area contributed by atoms with Crippen LogP contribution in [0.2, 0.25) is 0 Å². The van der Waals surface area contributed by atoms with Gasteiger partial charge in [0.15, 0.2) is 0 Å². The summed E-state index contributed by atoms with van der Waals surface area (Å²) in [5, 5.41) is 11.9. The third kappa shape index (κ3) is 4.36. The fourth-order valence-electron chi connectivity index (χ4n) is 3.35. The number of carboxylic acid groups (broad SMARTS) is 1. The van der Waals surface area contributed by atoms with E-state index in [2.05, 4.69) is 5.32 Å². The fraction of sp³-hybridized carbons (Fsp3) is 0.647. The van der Waals surface area contributed by atoms with Gasteiger partial charge in [0.2, 0.25) is 0 Å². The molecule has 5 heteroatoms. The molecule has 1 aliphatic rings. The first kappa shape index (κ1) is 16.6. The van der Waals surface area contributed by atoms with Crippen LogP contribution < -0.4 is 5.32 Å². The normalized spacial score (nSPS) is 17.2. The third-order valence-electron chi connectivity index (χ3n) is 4.38. The van der Waals surface area contributed by atoms with Crippen molar-refractivity contribution < 1.29 is 19.1 Å². The minimum absolute atomic E-state index is 0.0857. The smallest absolute Gasteiger partial charge is 0.311 e. The predicted molar refractivity (Wildman–Crippen MR) is 82.9 cm³/mol. The molecule has 1 atom stereocenters. The molecule has 2 N–H and O–H groups in total. The van der Waals surface area contributed by atoms with Crippen molar-refractivity contribution in [2.24, 2.45) is 5.92 Å². The summed E-state index contributed by atoms with van der Waals surface area (Å²) >= 11 is 0. The second-order valence-electron chi connectivity index (χ2n) is 6.40. The Bertz CT molecular complexity index is 529. The summed E-state index contributed by atoms with van der Waals surface area (Å²) in [6.45, 7) is 3.77. The van der Waals surface area contributed by atoms with Crippen LogP contribution in [0.25, 0.3) is 0 Å². The lowest BCUT2D eigenvalue weighted by Gasteiger charge is -2.25. The maximum Gasteiger partial charge on any atom is 0.311 e. The molecule has 1 aromatic rings. The molecular formula is C17H25NO4. The lowest BCUT2D eigenvalue weighted by molar-refractivity contribution is -0.136. The number of nitrogens with one attached hydrogen (secondary N) is 1. The molecule has 122 valence electrons. The van der Waals surface area contributed by atoms with Crippen molar-refractivity contribution in [2.45, 2.75) is 64.8 Å². The zero-order chi connectivity index (χ0) is 16.1. The molecule has 0 aliphatic heterocycles. The Morgan fingerprint density at radius 1 is 1.36 bits per heavy atom. The van der Waals surface area contributed by atoms with E-state index in [4.69, 9.17) is 9.52 Å². The molecule has 1 saturated carbocycles. The maximum absolute atomic E-state index is 12.4. The zero-order valence-corrected chi connectivity index (χ0v) is 13.4. The van der Waals surface area contributed by atoms with E-state index in [0.717, 1.165) is 6.42 Å². The summed E-state index contributed by atoms with van der Waals surface area (Å²) in [5.74, 6) is -0.315. The largest absolute Gasteiger partial charge is 0.481 e. The number of furan rings is 1. The number of hydrogen-bond donors (Lipinski definition) is 2. The average molecular weight is 307 g/mol. The van der Waals surface area contributed by atoms with E-state index in [1.807, 2.05) is 6.92 Å². The molecule has 0 bridgehead atoms. The number of amides is 1. The number of carboxylic acids is 1. The summed E-state index contributed by atoms with van der Waals surface area (Å²) in [6, 6.07) is 0.0857. The highest BCUT2D eigenvalue weighted by Gasteiger charge is 2.23. The van der Waals surface area contributed by atoms with E-state index in [1.165, 1.54) is 38.4 Å². The van der Waals surface area contributed by atoms with Crippen LogP contribution in [-0.4, -0.2) is 23.0 Å². The van der Waals surface area contributed by atoms with Crippen LogP contribution in [0.3, 0.4) is 0 Å². The predicted octanol–water partition coefficient (Wildman–Crippen LogP) is 3.30. The summed E-state index contributed by atoms with van der Waals surface area (Å²) in [7, 11) is 0. The van der Waals surface area contributed by atoms with Crippen LogP contribution in [0.5, 0.6) is 0 Å². The third-order valence-corrected chi connectivity index (χ3v) is 4.38. The van der Waals surface area contributed by atoms with Crippen LogP contribution in [0, 0.1) is 12.8 Å². The molecule has 2 rings (SSSR count). The monoisotopic (exact) mass is 307 g/mol. The van der Waals surface area contributed by atoms with Gasteiger partial charge in [0.05, 0.1) is 11.8 Å². The van der Waals surface area contributed by atoms with Crippen LogP contribution in [0.4, 0.5) is 0 Å². The van der Waals surface area contributed by atoms with Crippen LogP contribution >= 0.6 is 0 Å². The van der Waals surface area contributed by atoms with Crippen molar-refractivity contribution in [1.29, 1.82) is 0 Å². The molecule has 0 aromatic carbocycles. The highest BCUT2D eigenvalue weighted by molar-refractivity contribution is 5.97. The van der Waals surface area contributed by atoms with Crippen molar-refractivity contribution >= 4 is 11.9 Å². The van der Waals surface area contributed by atoms with Gasteiger partial charge in [-0.3, -0.25) is 9.59 Å². The fourth-order valence-corrected chi connectivity index (χ4v) is 3.35. The second kappa shape index (κ2) is 7.47. The van der Waals surface area contributed by atoms with Crippen LogP contribution in [-0.2, 0) is 11.2 Å². The number of aliphatic carboxylic acids is 1. The van der Waals surface area contributed by atoms with E-state index in [9.17, 15) is 9.59 Å². The van der Waals surface area contributed by atoms with Crippen molar-refractivity contribution in [1.82, 2.24) is 5.32 Å². The lowest BCUT2D eigenvalue weighted by atomic mass is 9.85. The standard InChI is InChI=1S/C17H25NO4/c1-11-10-22-14(9-15(19)20)16(11)17(21)18-12(2)8-13-6-4-3-5-7-13/h10,12-13H,3-9H2,1-2H3,(H,18,21)(H,19,20)/t12-/m1/s1. The van der Waals surface area contributed by atoms with Crippen LogP contribution in [0.1, 0.15) is 67.1 Å². The van der Waals surface area contributed by atoms with Gasteiger partial charge in [-0.25, -0.2) is 0 Å². The Morgan fingerprint density at radius 3 is 2.68 bits per heavy atom. The first-order valence-corrected chi connectivity index (χ1v) is 8.07. The molecule has 0 radical (unpaired) electrons. The zero-order valence-electron chi connectivity index (χ0n) is 13.4. The molecule has 22 heavy (non-hydrogen) atoms. The summed E-state index contributed by atoms with van der Waals surface area (Å²) in [4.78, 5) is 23.3. The van der Waals surface area contributed by atoms with Gasteiger partial charge >= 0.3 is 5.97 Å². The van der Waals surface area contributed by atoms with Crippen molar-refractivity contribution in [2.75, 3.05) is 0 Å². The molecule has 0 spiro atoms. The number of rotatable bonds is 6. The first-order valence-electron chi connectivity index (χ1n) is 8.07. The quantitative estimate of drug-likeness (QED) is 0.845. The number of carbonyl (C=O) groups is 2. The molecular weight excluding hydrogens is 282 g/mol. The van der Waals surface area contributed by atoms with Gasteiger partial charge in [0.25, 0.3) is 5.91 Å². The van der Waals surface area contributed by atoms with Crippen LogP contribution in [0.15, 0.2) is 10.7 Å². The van der Waals surface area contributed by atoms with E-state index in [0.29, 0.717) is 17.0 Å². The van der Waals surface area contributed by atoms with Gasteiger partial charge in [-0.1, -0.05) is 32.1 Å². The minimum Gasteiger partial charge on any atom is -0.481 e. The van der Waals surface area contributed by atoms with E-state index in [-0.39, 0.29) is 24.1 Å². The number of hydrogen-bond acceptors (Lipinski definition) is 3. The van der Waals surface area contributed by atoms with Gasteiger partial charge in [-0.15, -0.1) is 0 Å². The maximum atomic E-state index is 12.4. The van der Waals surface area contributed by atoms with Gasteiger partial charge in [0, 0.05) is 11.6 Å². The highest BCUT2D eigenvalue weighted by atomic mass is 16.4.